The van der Waals surface area contributed by atoms with E-state index >= 15 is 0 Å². The van der Waals surface area contributed by atoms with Crippen molar-refractivity contribution in [3.8, 4) is 0 Å². The second-order valence-electron chi connectivity index (χ2n) is 5.42. The Balaban J connectivity index is 2.11. The summed E-state index contributed by atoms with van der Waals surface area (Å²) in [5.74, 6) is 0. The van der Waals surface area contributed by atoms with Gasteiger partial charge in [0.05, 0.1) is 5.69 Å². The number of aromatic nitrogens is 2. The zero-order valence-corrected chi connectivity index (χ0v) is 13.1. The van der Waals surface area contributed by atoms with Crippen LogP contribution in [0.1, 0.15) is 49.2 Å². The van der Waals surface area contributed by atoms with Gasteiger partial charge in [-0.15, -0.1) is 0 Å². The lowest BCUT2D eigenvalue weighted by Crippen LogP contribution is -2.14. The molecule has 2 rings (SSSR count). The van der Waals surface area contributed by atoms with Gasteiger partial charge < -0.3 is 5.73 Å². The van der Waals surface area contributed by atoms with E-state index in [-0.39, 0.29) is 6.04 Å². The topological polar surface area (TPSA) is 43.8 Å². The maximum absolute atomic E-state index is 6.27. The van der Waals surface area contributed by atoms with E-state index in [0.29, 0.717) is 6.04 Å². The predicted octanol–water partition coefficient (Wildman–Crippen LogP) is 4.06. The van der Waals surface area contributed by atoms with Crippen molar-refractivity contribution in [2.75, 3.05) is 0 Å². The molecule has 0 aliphatic rings. The standard InChI is InChI=1S/C16H22ClN3/c1-4-12(3)20-6-5-15(19-20)10-16(18)13-7-11(2)8-14(17)9-13/h5-9,12,16H,4,10,18H2,1-3H3. The molecule has 0 radical (unpaired) electrons. The monoisotopic (exact) mass is 291 g/mol. The third kappa shape index (κ3) is 3.62. The highest BCUT2D eigenvalue weighted by molar-refractivity contribution is 6.30. The Morgan fingerprint density at radius 3 is 2.75 bits per heavy atom. The molecule has 1 aromatic carbocycles. The van der Waals surface area contributed by atoms with Crippen molar-refractivity contribution >= 4 is 11.6 Å². The van der Waals surface area contributed by atoms with Crippen molar-refractivity contribution in [3.63, 3.8) is 0 Å². The molecular weight excluding hydrogens is 270 g/mol. The average molecular weight is 292 g/mol. The van der Waals surface area contributed by atoms with Crippen molar-refractivity contribution < 1.29 is 0 Å². The van der Waals surface area contributed by atoms with Gasteiger partial charge in [-0.3, -0.25) is 4.68 Å². The van der Waals surface area contributed by atoms with Crippen LogP contribution in [0.2, 0.25) is 5.02 Å². The Labute approximate surface area is 125 Å². The van der Waals surface area contributed by atoms with Crippen LogP contribution in [-0.2, 0) is 6.42 Å². The Morgan fingerprint density at radius 2 is 2.10 bits per heavy atom. The van der Waals surface area contributed by atoms with Crippen LogP contribution >= 0.6 is 11.6 Å². The fraction of sp³-hybridized carbons (Fsp3) is 0.438. The van der Waals surface area contributed by atoms with Gasteiger partial charge in [0.2, 0.25) is 0 Å². The summed E-state index contributed by atoms with van der Waals surface area (Å²) in [5, 5.41) is 5.33. The Kier molecular flexibility index (Phi) is 4.84. The Morgan fingerprint density at radius 1 is 1.35 bits per heavy atom. The van der Waals surface area contributed by atoms with Crippen molar-refractivity contribution in [2.24, 2.45) is 5.73 Å². The van der Waals surface area contributed by atoms with E-state index in [1.807, 2.05) is 36.0 Å². The molecule has 0 saturated heterocycles. The van der Waals surface area contributed by atoms with Crippen molar-refractivity contribution in [1.82, 2.24) is 9.78 Å². The van der Waals surface area contributed by atoms with Crippen LogP contribution in [0.5, 0.6) is 0 Å². The smallest absolute Gasteiger partial charge is 0.0643 e. The zero-order valence-electron chi connectivity index (χ0n) is 12.3. The summed E-state index contributed by atoms with van der Waals surface area (Å²) in [6, 6.07) is 8.35. The minimum absolute atomic E-state index is 0.0762. The normalized spacial score (nSPS) is 14.2. The van der Waals surface area contributed by atoms with Crippen molar-refractivity contribution in [3.05, 3.63) is 52.3 Å². The highest BCUT2D eigenvalue weighted by Crippen LogP contribution is 2.21. The SMILES string of the molecule is CCC(C)n1ccc(CC(N)c2cc(C)cc(Cl)c2)n1. The largest absolute Gasteiger partial charge is 0.324 e. The molecule has 0 amide bonds. The van der Waals surface area contributed by atoms with Crippen LogP contribution < -0.4 is 5.73 Å². The number of hydrogen-bond donors (Lipinski definition) is 1. The molecule has 0 fully saturated rings. The first-order chi connectivity index (χ1) is 9.49. The number of rotatable bonds is 5. The summed E-state index contributed by atoms with van der Waals surface area (Å²) in [6.45, 7) is 6.35. The number of hydrogen-bond acceptors (Lipinski definition) is 2. The maximum Gasteiger partial charge on any atom is 0.0643 e. The number of nitrogens with zero attached hydrogens (tertiary/aromatic N) is 2. The van der Waals surface area contributed by atoms with E-state index in [0.717, 1.165) is 34.7 Å². The molecule has 2 atom stereocenters. The second-order valence-corrected chi connectivity index (χ2v) is 5.85. The second kappa shape index (κ2) is 6.42. The molecule has 3 nitrogen and oxygen atoms in total. The lowest BCUT2D eigenvalue weighted by Gasteiger charge is -2.12. The van der Waals surface area contributed by atoms with Crippen LogP contribution in [0.15, 0.2) is 30.5 Å². The number of halogens is 1. The summed E-state index contributed by atoms with van der Waals surface area (Å²) in [4.78, 5) is 0. The quantitative estimate of drug-likeness (QED) is 0.903. The van der Waals surface area contributed by atoms with E-state index in [2.05, 4.69) is 25.0 Å². The summed E-state index contributed by atoms with van der Waals surface area (Å²) in [5.41, 5.74) is 9.49. The Bertz CT molecular complexity index is 557. The molecule has 2 aromatic rings. The number of nitrogens with two attached hydrogens (primary N) is 1. The molecule has 0 saturated carbocycles. The van der Waals surface area contributed by atoms with Gasteiger partial charge >= 0.3 is 0 Å². The van der Waals surface area contributed by atoms with Gasteiger partial charge in [-0.25, -0.2) is 0 Å². The zero-order chi connectivity index (χ0) is 14.7. The fourth-order valence-corrected chi connectivity index (χ4v) is 2.54. The highest BCUT2D eigenvalue weighted by Gasteiger charge is 2.11. The molecule has 0 aliphatic heterocycles. The molecule has 2 N–H and O–H groups in total. The minimum Gasteiger partial charge on any atom is -0.324 e. The van der Waals surface area contributed by atoms with Gasteiger partial charge in [0.25, 0.3) is 0 Å². The van der Waals surface area contributed by atoms with Gasteiger partial charge in [0, 0.05) is 29.7 Å². The van der Waals surface area contributed by atoms with Crippen molar-refractivity contribution in [2.45, 2.75) is 45.7 Å². The predicted molar refractivity (Wildman–Crippen MR) is 84.1 cm³/mol. The van der Waals surface area contributed by atoms with Crippen LogP contribution in [0, 0.1) is 6.92 Å². The van der Waals surface area contributed by atoms with Crippen molar-refractivity contribution in [1.29, 1.82) is 0 Å². The first-order valence-corrected chi connectivity index (χ1v) is 7.44. The third-order valence-electron chi connectivity index (χ3n) is 3.63. The maximum atomic E-state index is 6.27. The molecule has 2 unspecified atom stereocenters. The molecular formula is C16H22ClN3. The highest BCUT2D eigenvalue weighted by atomic mass is 35.5. The summed E-state index contributed by atoms with van der Waals surface area (Å²) < 4.78 is 2.01. The van der Waals surface area contributed by atoms with E-state index in [1.54, 1.807) is 0 Å². The van der Waals surface area contributed by atoms with Crippen LogP contribution in [0.4, 0.5) is 0 Å². The first kappa shape index (κ1) is 15.1. The van der Waals surface area contributed by atoms with Gasteiger partial charge in [-0.1, -0.05) is 24.6 Å². The molecule has 1 heterocycles. The molecule has 0 bridgehead atoms. The third-order valence-corrected chi connectivity index (χ3v) is 3.85. The lowest BCUT2D eigenvalue weighted by atomic mass is 10.0. The first-order valence-electron chi connectivity index (χ1n) is 7.06. The van der Waals surface area contributed by atoms with Crippen LogP contribution in [0.3, 0.4) is 0 Å². The average Bonchev–Trinajstić information content (AvgIpc) is 2.85. The summed E-state index contributed by atoms with van der Waals surface area (Å²) in [7, 11) is 0. The fourth-order valence-electron chi connectivity index (χ4n) is 2.24. The minimum atomic E-state index is -0.0762. The lowest BCUT2D eigenvalue weighted by molar-refractivity contribution is 0.472. The molecule has 4 heteroatoms. The number of benzene rings is 1. The van der Waals surface area contributed by atoms with E-state index < -0.39 is 0 Å². The molecule has 20 heavy (non-hydrogen) atoms. The van der Waals surface area contributed by atoms with Gasteiger partial charge in [-0.2, -0.15) is 5.10 Å². The molecule has 0 spiro atoms. The molecule has 0 aliphatic carbocycles. The van der Waals surface area contributed by atoms with Gasteiger partial charge in [0.15, 0.2) is 0 Å². The number of aryl methyl sites for hydroxylation is 1. The molecule has 1 aromatic heterocycles. The summed E-state index contributed by atoms with van der Waals surface area (Å²) >= 11 is 6.09. The van der Waals surface area contributed by atoms with Gasteiger partial charge in [-0.05, 0) is 49.6 Å². The van der Waals surface area contributed by atoms with E-state index in [4.69, 9.17) is 17.3 Å². The van der Waals surface area contributed by atoms with Crippen LogP contribution in [-0.4, -0.2) is 9.78 Å². The summed E-state index contributed by atoms with van der Waals surface area (Å²) in [6.07, 6.45) is 3.82. The van der Waals surface area contributed by atoms with E-state index in [9.17, 15) is 0 Å². The van der Waals surface area contributed by atoms with Gasteiger partial charge in [0.1, 0.15) is 0 Å². The van der Waals surface area contributed by atoms with E-state index in [1.165, 1.54) is 0 Å². The Hall–Kier alpha value is -1.32. The van der Waals surface area contributed by atoms with Crippen LogP contribution in [0.25, 0.3) is 0 Å². The molecule has 108 valence electrons.